The summed E-state index contributed by atoms with van der Waals surface area (Å²) in [6.07, 6.45) is 5.46. The van der Waals surface area contributed by atoms with Gasteiger partial charge in [-0.2, -0.15) is 9.61 Å². The first-order valence-corrected chi connectivity index (χ1v) is 8.15. The molecular weight excluding hydrogens is 336 g/mol. The van der Waals surface area contributed by atoms with Crippen LogP contribution in [0, 0.1) is 0 Å². The molecule has 0 unspecified atom stereocenters. The predicted octanol–water partition coefficient (Wildman–Crippen LogP) is -0.00110. The molecule has 26 heavy (non-hydrogen) atoms. The molecule has 0 saturated heterocycles. The minimum atomic E-state index is -0.273. The van der Waals surface area contributed by atoms with Crippen LogP contribution in [0.15, 0.2) is 16.9 Å². The van der Waals surface area contributed by atoms with Gasteiger partial charge in [0.05, 0.1) is 32.4 Å². The lowest BCUT2D eigenvalue weighted by atomic mass is 10.1. The van der Waals surface area contributed by atoms with Crippen molar-refractivity contribution < 1.29 is 14.2 Å². The van der Waals surface area contributed by atoms with E-state index in [1.165, 1.54) is 18.7 Å². The molecule has 0 saturated carbocycles. The monoisotopic (exact) mass is 354 g/mol. The third kappa shape index (κ3) is 2.42. The number of imidazole rings is 1. The molecule has 2 heterocycles. The van der Waals surface area contributed by atoms with Crippen LogP contribution in [0.25, 0.3) is 17.9 Å². The molecule has 0 aliphatic heterocycles. The fourth-order valence-electron chi connectivity index (χ4n) is 3.16. The summed E-state index contributed by atoms with van der Waals surface area (Å²) in [6.45, 7) is 0. The zero-order valence-electron chi connectivity index (χ0n) is 14.7. The average molecular weight is 354 g/mol. The maximum absolute atomic E-state index is 12.5. The summed E-state index contributed by atoms with van der Waals surface area (Å²) in [5, 5.41) is 5.77. The number of hydrogen-bond acceptors (Lipinski definition) is 6. The van der Waals surface area contributed by atoms with Crippen LogP contribution in [0.2, 0.25) is 0 Å². The van der Waals surface area contributed by atoms with Crippen LogP contribution < -0.4 is 30.5 Å². The van der Waals surface area contributed by atoms with Gasteiger partial charge >= 0.3 is 0 Å². The molecule has 8 heteroatoms. The number of aromatic nitrogens is 4. The van der Waals surface area contributed by atoms with Gasteiger partial charge in [-0.1, -0.05) is 6.08 Å². The molecule has 4 rings (SSSR count). The highest BCUT2D eigenvalue weighted by Gasteiger charge is 2.16. The topological polar surface area (TPSA) is 90.7 Å². The second kappa shape index (κ2) is 6.21. The van der Waals surface area contributed by atoms with E-state index in [-0.39, 0.29) is 5.56 Å². The number of H-pyrrole nitrogens is 1. The van der Waals surface area contributed by atoms with Crippen molar-refractivity contribution in [2.45, 2.75) is 12.8 Å². The van der Waals surface area contributed by atoms with Gasteiger partial charge in [0.1, 0.15) is 5.35 Å². The highest BCUT2D eigenvalue weighted by molar-refractivity contribution is 5.66. The first-order valence-electron chi connectivity index (χ1n) is 8.15. The van der Waals surface area contributed by atoms with Gasteiger partial charge < -0.3 is 14.2 Å². The molecule has 1 aliphatic rings. The first kappa shape index (κ1) is 16.2. The summed E-state index contributed by atoms with van der Waals surface area (Å²) < 4.78 is 17.7. The van der Waals surface area contributed by atoms with E-state index in [1.54, 1.807) is 25.3 Å². The van der Waals surface area contributed by atoms with Crippen LogP contribution in [0.3, 0.4) is 0 Å². The van der Waals surface area contributed by atoms with E-state index in [1.807, 2.05) is 6.08 Å². The summed E-state index contributed by atoms with van der Waals surface area (Å²) in [6, 6.07) is 3.56. The Morgan fingerprint density at radius 3 is 2.69 bits per heavy atom. The number of ether oxygens (including phenoxy) is 3. The van der Waals surface area contributed by atoms with Crippen molar-refractivity contribution in [3.63, 3.8) is 0 Å². The van der Waals surface area contributed by atoms with Gasteiger partial charge in [0.15, 0.2) is 11.5 Å². The van der Waals surface area contributed by atoms with Crippen LogP contribution >= 0.6 is 0 Å². The number of hydrogen-bond donors (Lipinski definition) is 1. The normalized spacial score (nSPS) is 13.6. The van der Waals surface area contributed by atoms with Gasteiger partial charge in [0, 0.05) is 5.56 Å². The highest BCUT2D eigenvalue weighted by Crippen LogP contribution is 2.39. The van der Waals surface area contributed by atoms with E-state index in [0.29, 0.717) is 33.9 Å². The molecule has 0 radical (unpaired) electrons. The largest absolute Gasteiger partial charge is 0.493 e. The molecule has 0 spiro atoms. The summed E-state index contributed by atoms with van der Waals surface area (Å²) in [5.41, 5.74) is 1.28. The predicted molar refractivity (Wildman–Crippen MR) is 95.3 cm³/mol. The zero-order valence-corrected chi connectivity index (χ0v) is 14.7. The molecule has 0 bridgehead atoms. The fourth-order valence-corrected chi connectivity index (χ4v) is 3.16. The average Bonchev–Trinajstić information content (AvgIpc) is 3.22. The summed E-state index contributed by atoms with van der Waals surface area (Å²) in [7, 11) is 4.63. The molecule has 2 aromatic heterocycles. The van der Waals surface area contributed by atoms with Gasteiger partial charge in [-0.25, -0.2) is 4.98 Å². The molecule has 0 amide bonds. The van der Waals surface area contributed by atoms with E-state index < -0.39 is 0 Å². The van der Waals surface area contributed by atoms with Gasteiger partial charge in [0.2, 0.25) is 11.5 Å². The lowest BCUT2D eigenvalue weighted by molar-refractivity contribution is 0.324. The van der Waals surface area contributed by atoms with E-state index in [9.17, 15) is 4.79 Å². The van der Waals surface area contributed by atoms with Crippen molar-refractivity contribution in [2.75, 3.05) is 21.3 Å². The second-order valence-electron chi connectivity index (χ2n) is 5.83. The number of nitrogens with zero attached hydrogens (tertiary/aromatic N) is 3. The molecule has 1 N–H and O–H groups in total. The van der Waals surface area contributed by atoms with Crippen molar-refractivity contribution in [2.24, 2.45) is 0 Å². The molecule has 0 fully saturated rings. The van der Waals surface area contributed by atoms with Gasteiger partial charge in [-0.15, -0.1) is 0 Å². The van der Waals surface area contributed by atoms with Crippen LogP contribution in [0.5, 0.6) is 17.2 Å². The number of rotatable bonds is 4. The molecule has 8 nitrogen and oxygen atoms in total. The SMILES string of the molecule is COc1ccc(/C=c2\c(=O)[nH]c3nc4c(nn23)CCC=4)c(OC)c1OC. The van der Waals surface area contributed by atoms with Gasteiger partial charge in [-0.05, 0) is 31.1 Å². The van der Waals surface area contributed by atoms with Crippen LogP contribution in [0.4, 0.5) is 0 Å². The third-order valence-corrected chi connectivity index (χ3v) is 4.38. The second-order valence-corrected chi connectivity index (χ2v) is 5.83. The number of benzene rings is 1. The van der Waals surface area contributed by atoms with Crippen molar-refractivity contribution in [1.29, 1.82) is 0 Å². The fraction of sp³-hybridized carbons (Fsp3) is 0.278. The molecular formula is C18H18N4O4. The lowest BCUT2D eigenvalue weighted by Gasteiger charge is -2.13. The maximum atomic E-state index is 12.5. The first-order chi connectivity index (χ1) is 12.7. The van der Waals surface area contributed by atoms with Gasteiger partial charge in [0.25, 0.3) is 5.56 Å². The number of aromatic amines is 1. The Hall–Kier alpha value is -3.29. The van der Waals surface area contributed by atoms with Crippen molar-refractivity contribution >= 4 is 17.9 Å². The van der Waals surface area contributed by atoms with Crippen LogP contribution in [-0.4, -0.2) is 40.9 Å². The quantitative estimate of drug-likeness (QED) is 0.709. The van der Waals surface area contributed by atoms with E-state index >= 15 is 0 Å². The van der Waals surface area contributed by atoms with Crippen LogP contribution in [-0.2, 0) is 6.42 Å². The number of methoxy groups -OCH3 is 3. The van der Waals surface area contributed by atoms with Crippen molar-refractivity contribution in [1.82, 2.24) is 19.6 Å². The Labute approximate surface area is 148 Å². The summed E-state index contributed by atoms with van der Waals surface area (Å²) in [5.74, 6) is 1.90. The van der Waals surface area contributed by atoms with E-state index in [0.717, 1.165) is 23.9 Å². The number of fused-ring (bicyclic) bond motifs is 2. The Kier molecular flexibility index (Phi) is 3.87. The van der Waals surface area contributed by atoms with E-state index in [2.05, 4.69) is 15.1 Å². The minimum Gasteiger partial charge on any atom is -0.493 e. The Balaban J connectivity index is 1.99. The molecule has 0 atom stereocenters. The Bertz CT molecular complexity index is 1180. The summed E-state index contributed by atoms with van der Waals surface area (Å²) >= 11 is 0. The molecule has 1 aliphatic carbocycles. The Morgan fingerprint density at radius 2 is 1.96 bits per heavy atom. The molecule has 3 aromatic rings. The third-order valence-electron chi connectivity index (χ3n) is 4.38. The summed E-state index contributed by atoms with van der Waals surface area (Å²) in [4.78, 5) is 19.7. The van der Waals surface area contributed by atoms with Crippen molar-refractivity contribution in [3.05, 3.63) is 44.4 Å². The maximum Gasteiger partial charge on any atom is 0.276 e. The zero-order chi connectivity index (χ0) is 18.3. The standard InChI is InChI=1S/C18H18N4O4/c1-24-14-8-7-10(15(25-2)16(14)26-3)9-13-17(23)20-18-19-11-5-4-6-12(11)21-22(13)18/h5,7-9H,4,6H2,1-3H3,(H,19,20,23)/b13-9+. The lowest BCUT2D eigenvalue weighted by Crippen LogP contribution is -2.28. The number of aryl methyl sites for hydroxylation is 1. The van der Waals surface area contributed by atoms with E-state index in [4.69, 9.17) is 14.2 Å². The van der Waals surface area contributed by atoms with Gasteiger partial charge in [-0.3, -0.25) is 9.78 Å². The molecule has 134 valence electrons. The highest BCUT2D eigenvalue weighted by atomic mass is 16.5. The molecule has 1 aromatic carbocycles. The minimum absolute atomic E-state index is 0.273. The number of nitrogens with one attached hydrogen (secondary N) is 1. The van der Waals surface area contributed by atoms with Crippen molar-refractivity contribution in [3.8, 4) is 17.2 Å². The smallest absolute Gasteiger partial charge is 0.276 e. The Morgan fingerprint density at radius 1 is 1.15 bits per heavy atom. The van der Waals surface area contributed by atoms with Crippen LogP contribution in [0.1, 0.15) is 17.7 Å².